The molecule has 1 aliphatic carbocycles. The molecule has 24 heavy (non-hydrogen) atoms. The van der Waals surface area contributed by atoms with Gasteiger partial charge in [-0.05, 0) is 37.0 Å². The van der Waals surface area contributed by atoms with E-state index in [1.807, 2.05) is 24.3 Å². The summed E-state index contributed by atoms with van der Waals surface area (Å²) in [6, 6.07) is 7.63. The van der Waals surface area contributed by atoms with Crippen molar-refractivity contribution in [3.63, 3.8) is 0 Å². The third kappa shape index (κ3) is 3.32. The molecule has 0 radical (unpaired) electrons. The summed E-state index contributed by atoms with van der Waals surface area (Å²) in [7, 11) is 3.03. The summed E-state index contributed by atoms with van der Waals surface area (Å²) in [5.74, 6) is 0.392. The van der Waals surface area contributed by atoms with E-state index in [2.05, 4.69) is 0 Å². The molecular formula is C18H23NO5. The smallest absolute Gasteiger partial charge is 0.410 e. The first-order valence-corrected chi connectivity index (χ1v) is 8.24. The van der Waals surface area contributed by atoms with E-state index in [1.54, 1.807) is 12.0 Å². The van der Waals surface area contributed by atoms with Crippen molar-refractivity contribution in [2.45, 2.75) is 37.8 Å². The van der Waals surface area contributed by atoms with E-state index in [0.29, 0.717) is 19.5 Å². The number of hydrogen-bond donors (Lipinski definition) is 0. The summed E-state index contributed by atoms with van der Waals surface area (Å²) in [4.78, 5) is 25.8. The van der Waals surface area contributed by atoms with E-state index in [1.165, 1.54) is 7.11 Å². The van der Waals surface area contributed by atoms with Crippen molar-refractivity contribution in [2.75, 3.05) is 20.8 Å². The highest BCUT2D eigenvalue weighted by Crippen LogP contribution is 2.40. The lowest BCUT2D eigenvalue weighted by atomic mass is 9.78. The van der Waals surface area contributed by atoms with Crippen LogP contribution in [0.15, 0.2) is 24.3 Å². The molecule has 1 saturated carbocycles. The van der Waals surface area contributed by atoms with Crippen LogP contribution in [-0.2, 0) is 20.8 Å². The zero-order valence-corrected chi connectivity index (χ0v) is 14.1. The molecule has 1 saturated heterocycles. The lowest BCUT2D eigenvalue weighted by molar-refractivity contribution is -0.149. The number of hydrogen-bond acceptors (Lipinski definition) is 5. The molecular weight excluding hydrogens is 310 g/mol. The molecule has 1 aromatic carbocycles. The van der Waals surface area contributed by atoms with E-state index >= 15 is 0 Å². The van der Waals surface area contributed by atoms with Crippen molar-refractivity contribution in [3.8, 4) is 5.75 Å². The van der Waals surface area contributed by atoms with Gasteiger partial charge in [0.2, 0.25) is 0 Å². The molecule has 6 nitrogen and oxygen atoms in total. The minimum absolute atomic E-state index is 0.183. The monoisotopic (exact) mass is 333 g/mol. The minimum atomic E-state index is -0.555. The molecule has 1 aliphatic heterocycles. The molecule has 3 rings (SSSR count). The molecule has 6 heteroatoms. The van der Waals surface area contributed by atoms with Gasteiger partial charge in [0, 0.05) is 13.0 Å². The second kappa shape index (κ2) is 6.71. The van der Waals surface area contributed by atoms with Gasteiger partial charge in [0.25, 0.3) is 0 Å². The fourth-order valence-electron chi connectivity index (χ4n) is 3.69. The van der Waals surface area contributed by atoms with E-state index in [9.17, 15) is 9.59 Å². The molecule has 2 fully saturated rings. The van der Waals surface area contributed by atoms with Crippen LogP contribution in [0.5, 0.6) is 5.75 Å². The Labute approximate surface area is 141 Å². The maximum Gasteiger partial charge on any atom is 0.410 e. The van der Waals surface area contributed by atoms with Crippen molar-refractivity contribution in [2.24, 2.45) is 5.92 Å². The Morgan fingerprint density at radius 1 is 1.33 bits per heavy atom. The van der Waals surface area contributed by atoms with Gasteiger partial charge < -0.3 is 14.2 Å². The number of benzene rings is 1. The highest BCUT2D eigenvalue weighted by Gasteiger charge is 2.49. The Hall–Kier alpha value is -2.24. The topological polar surface area (TPSA) is 65.1 Å². The Balaban J connectivity index is 1.67. The average molecular weight is 333 g/mol. The van der Waals surface area contributed by atoms with Crippen LogP contribution in [0.25, 0.3) is 0 Å². The highest BCUT2D eigenvalue weighted by atomic mass is 16.6. The molecule has 1 aromatic rings. The molecule has 1 amide bonds. The van der Waals surface area contributed by atoms with Crippen molar-refractivity contribution in [1.29, 1.82) is 0 Å². The highest BCUT2D eigenvalue weighted by molar-refractivity contribution is 5.74. The largest absolute Gasteiger partial charge is 0.497 e. The van der Waals surface area contributed by atoms with Crippen LogP contribution in [0.3, 0.4) is 0 Å². The van der Waals surface area contributed by atoms with E-state index in [-0.39, 0.29) is 18.0 Å². The Morgan fingerprint density at radius 3 is 2.75 bits per heavy atom. The molecule has 2 atom stereocenters. The standard InChI is InChI=1S/C18H23NO5/c1-22-15-7-5-13(6-8-15)11-19-12-18(24-17(19)21)9-3-4-14(10-18)16(20)23-2/h5-8,14H,3-4,9-12H2,1-2H3/t14-,18-/m0/s1. The molecule has 0 bridgehead atoms. The first-order valence-electron chi connectivity index (χ1n) is 8.24. The quantitative estimate of drug-likeness (QED) is 0.793. The molecule has 130 valence electrons. The summed E-state index contributed by atoms with van der Waals surface area (Å²) in [6.07, 6.45) is 2.69. The van der Waals surface area contributed by atoms with Crippen LogP contribution in [0.1, 0.15) is 31.2 Å². The number of amides is 1. The van der Waals surface area contributed by atoms with Crippen LogP contribution in [0, 0.1) is 5.92 Å². The normalized spacial score (nSPS) is 26.3. The van der Waals surface area contributed by atoms with Gasteiger partial charge in [-0.2, -0.15) is 0 Å². The average Bonchev–Trinajstić information content (AvgIpc) is 2.89. The van der Waals surface area contributed by atoms with Crippen molar-refractivity contribution >= 4 is 12.1 Å². The Bertz CT molecular complexity index is 614. The summed E-state index contributed by atoms with van der Waals surface area (Å²) >= 11 is 0. The number of esters is 1. The first-order chi connectivity index (χ1) is 11.5. The van der Waals surface area contributed by atoms with Gasteiger partial charge in [-0.3, -0.25) is 9.69 Å². The number of nitrogens with zero attached hydrogens (tertiary/aromatic N) is 1. The van der Waals surface area contributed by atoms with Gasteiger partial charge in [-0.25, -0.2) is 4.79 Å². The number of methoxy groups -OCH3 is 2. The van der Waals surface area contributed by atoms with Gasteiger partial charge >= 0.3 is 12.1 Å². The maximum atomic E-state index is 12.3. The number of carbonyl (C=O) groups is 2. The first kappa shape index (κ1) is 16.6. The number of rotatable bonds is 4. The van der Waals surface area contributed by atoms with E-state index in [0.717, 1.165) is 30.6 Å². The van der Waals surface area contributed by atoms with Gasteiger partial charge in [-0.15, -0.1) is 0 Å². The van der Waals surface area contributed by atoms with Crippen LogP contribution in [0.2, 0.25) is 0 Å². The third-order valence-electron chi connectivity index (χ3n) is 4.91. The van der Waals surface area contributed by atoms with Crippen molar-refractivity contribution < 1.29 is 23.8 Å². The number of carbonyl (C=O) groups excluding carboxylic acids is 2. The van der Waals surface area contributed by atoms with E-state index in [4.69, 9.17) is 14.2 Å². The Morgan fingerprint density at radius 2 is 2.08 bits per heavy atom. The maximum absolute atomic E-state index is 12.3. The molecule has 1 spiro atoms. The lowest BCUT2D eigenvalue weighted by Gasteiger charge is -2.34. The van der Waals surface area contributed by atoms with Crippen LogP contribution < -0.4 is 4.74 Å². The van der Waals surface area contributed by atoms with Crippen molar-refractivity contribution in [3.05, 3.63) is 29.8 Å². The van der Waals surface area contributed by atoms with Gasteiger partial charge in [0.15, 0.2) is 0 Å². The summed E-state index contributed by atoms with van der Waals surface area (Å²) in [5, 5.41) is 0. The van der Waals surface area contributed by atoms with E-state index < -0.39 is 5.60 Å². The molecule has 1 heterocycles. The van der Waals surface area contributed by atoms with Gasteiger partial charge in [0.05, 0.1) is 26.7 Å². The zero-order chi connectivity index (χ0) is 17.2. The fourth-order valence-corrected chi connectivity index (χ4v) is 3.69. The molecule has 0 aromatic heterocycles. The Kier molecular flexibility index (Phi) is 4.64. The predicted octanol–water partition coefficient (Wildman–Crippen LogP) is 2.75. The van der Waals surface area contributed by atoms with Gasteiger partial charge in [-0.1, -0.05) is 12.1 Å². The molecule has 2 aliphatic rings. The molecule has 0 unspecified atom stereocenters. The minimum Gasteiger partial charge on any atom is -0.497 e. The summed E-state index contributed by atoms with van der Waals surface area (Å²) < 4.78 is 15.7. The van der Waals surface area contributed by atoms with Crippen LogP contribution in [0.4, 0.5) is 4.79 Å². The van der Waals surface area contributed by atoms with Crippen LogP contribution >= 0.6 is 0 Å². The molecule has 0 N–H and O–H groups in total. The summed E-state index contributed by atoms with van der Waals surface area (Å²) in [5.41, 5.74) is 0.464. The second-order valence-electron chi connectivity index (χ2n) is 6.57. The fraction of sp³-hybridized carbons (Fsp3) is 0.556. The third-order valence-corrected chi connectivity index (χ3v) is 4.91. The summed E-state index contributed by atoms with van der Waals surface area (Å²) in [6.45, 7) is 1.01. The SMILES string of the molecule is COC(=O)[C@H]1CCC[C@]2(C1)CN(Cc1ccc(OC)cc1)C(=O)O2. The van der Waals surface area contributed by atoms with Gasteiger partial charge in [0.1, 0.15) is 11.4 Å². The van der Waals surface area contributed by atoms with Crippen molar-refractivity contribution in [1.82, 2.24) is 4.90 Å². The number of ether oxygens (including phenoxy) is 3. The lowest BCUT2D eigenvalue weighted by Crippen LogP contribution is -2.41. The second-order valence-corrected chi connectivity index (χ2v) is 6.57. The van der Waals surface area contributed by atoms with Crippen LogP contribution in [-0.4, -0.2) is 43.3 Å². The predicted molar refractivity (Wildman–Crippen MR) is 86.6 cm³/mol. The zero-order valence-electron chi connectivity index (χ0n) is 14.1.